The topological polar surface area (TPSA) is 68.0 Å². The molecule has 0 fully saturated rings. The molecule has 0 aliphatic heterocycles. The van der Waals surface area contributed by atoms with Gasteiger partial charge in [-0.05, 0) is 23.8 Å². The molecule has 3 N–H and O–H groups in total. The number of rotatable bonds is 6. The standard InChI is InChI=1S/C14H19N3OS2/c1-9(2)6-10(7-15)16-13(18)11-8-20-14(17-11)12-4-3-5-19-12/h3-5,8-10H,6-7,15H2,1-2H3,(H,16,18). The summed E-state index contributed by atoms with van der Waals surface area (Å²) in [6, 6.07) is 4.00. The van der Waals surface area contributed by atoms with Crippen LogP contribution < -0.4 is 11.1 Å². The van der Waals surface area contributed by atoms with Crippen LogP contribution in [0.1, 0.15) is 30.8 Å². The molecule has 0 saturated heterocycles. The van der Waals surface area contributed by atoms with Crippen LogP contribution in [0.5, 0.6) is 0 Å². The van der Waals surface area contributed by atoms with Gasteiger partial charge < -0.3 is 11.1 Å². The van der Waals surface area contributed by atoms with Gasteiger partial charge in [-0.25, -0.2) is 4.98 Å². The minimum atomic E-state index is -0.139. The van der Waals surface area contributed by atoms with Gasteiger partial charge in [-0.2, -0.15) is 0 Å². The molecule has 0 bridgehead atoms. The molecule has 0 saturated carbocycles. The molecule has 1 amide bonds. The van der Waals surface area contributed by atoms with Gasteiger partial charge in [0, 0.05) is 18.0 Å². The van der Waals surface area contributed by atoms with Crippen LogP contribution in [-0.4, -0.2) is 23.5 Å². The molecule has 6 heteroatoms. The monoisotopic (exact) mass is 309 g/mol. The second-order valence-electron chi connectivity index (χ2n) is 5.05. The Labute approximate surface area is 127 Å². The summed E-state index contributed by atoms with van der Waals surface area (Å²) in [5.41, 5.74) is 6.17. The van der Waals surface area contributed by atoms with Crippen molar-refractivity contribution in [3.63, 3.8) is 0 Å². The van der Waals surface area contributed by atoms with Gasteiger partial charge in [-0.3, -0.25) is 4.79 Å². The molecule has 2 aromatic rings. The van der Waals surface area contributed by atoms with Crippen molar-refractivity contribution >= 4 is 28.6 Å². The van der Waals surface area contributed by atoms with E-state index in [-0.39, 0.29) is 11.9 Å². The zero-order chi connectivity index (χ0) is 14.5. The number of hydrogen-bond acceptors (Lipinski definition) is 5. The Morgan fingerprint density at radius 3 is 2.85 bits per heavy atom. The van der Waals surface area contributed by atoms with Crippen LogP contribution in [0.4, 0.5) is 0 Å². The Kier molecular flexibility index (Phi) is 5.28. The van der Waals surface area contributed by atoms with Crippen LogP contribution in [0.2, 0.25) is 0 Å². The van der Waals surface area contributed by atoms with Gasteiger partial charge in [0.05, 0.1) is 4.88 Å². The highest BCUT2D eigenvalue weighted by atomic mass is 32.1. The van der Waals surface area contributed by atoms with Gasteiger partial charge in [0.1, 0.15) is 10.7 Å². The predicted molar refractivity (Wildman–Crippen MR) is 85.2 cm³/mol. The summed E-state index contributed by atoms with van der Waals surface area (Å²) < 4.78 is 0. The number of amides is 1. The fourth-order valence-corrected chi connectivity index (χ4v) is 3.55. The Morgan fingerprint density at radius 2 is 2.25 bits per heavy atom. The van der Waals surface area contributed by atoms with E-state index in [1.807, 2.05) is 17.5 Å². The third-order valence-electron chi connectivity index (χ3n) is 2.84. The fourth-order valence-electron chi connectivity index (χ4n) is 1.93. The maximum atomic E-state index is 12.2. The van der Waals surface area contributed by atoms with Gasteiger partial charge in [0.2, 0.25) is 0 Å². The smallest absolute Gasteiger partial charge is 0.271 e. The molecule has 0 radical (unpaired) electrons. The number of hydrogen-bond donors (Lipinski definition) is 2. The Morgan fingerprint density at radius 1 is 1.45 bits per heavy atom. The average Bonchev–Trinajstić information content (AvgIpc) is 3.07. The van der Waals surface area contributed by atoms with Gasteiger partial charge in [0.15, 0.2) is 0 Å². The summed E-state index contributed by atoms with van der Waals surface area (Å²) in [5.74, 6) is 0.362. The number of carbonyl (C=O) groups is 1. The lowest BCUT2D eigenvalue weighted by Gasteiger charge is -2.18. The minimum absolute atomic E-state index is 0.00869. The summed E-state index contributed by atoms with van der Waals surface area (Å²) in [6.45, 7) is 4.69. The van der Waals surface area contributed by atoms with Crippen LogP contribution in [0.15, 0.2) is 22.9 Å². The van der Waals surface area contributed by atoms with Crippen molar-refractivity contribution in [1.82, 2.24) is 10.3 Å². The largest absolute Gasteiger partial charge is 0.347 e. The van der Waals surface area contributed by atoms with Crippen LogP contribution in [-0.2, 0) is 0 Å². The number of nitrogens with two attached hydrogens (primary N) is 1. The fraction of sp³-hybridized carbons (Fsp3) is 0.429. The SMILES string of the molecule is CC(C)CC(CN)NC(=O)c1csc(-c2cccs2)n1. The summed E-state index contributed by atoms with van der Waals surface area (Å²) in [5, 5.41) is 7.65. The highest BCUT2D eigenvalue weighted by Gasteiger charge is 2.16. The minimum Gasteiger partial charge on any atom is -0.347 e. The lowest BCUT2D eigenvalue weighted by molar-refractivity contribution is 0.0929. The predicted octanol–water partition coefficient (Wildman–Crippen LogP) is 2.97. The van der Waals surface area contributed by atoms with Crippen LogP contribution >= 0.6 is 22.7 Å². The molecule has 2 heterocycles. The lowest BCUT2D eigenvalue weighted by Crippen LogP contribution is -2.41. The normalized spacial score (nSPS) is 12.6. The van der Waals surface area contributed by atoms with E-state index in [0.29, 0.717) is 18.2 Å². The first-order valence-corrected chi connectivity index (χ1v) is 8.36. The Hall–Kier alpha value is -1.24. The van der Waals surface area contributed by atoms with Crippen molar-refractivity contribution in [2.24, 2.45) is 11.7 Å². The van der Waals surface area contributed by atoms with Crippen molar-refractivity contribution in [3.8, 4) is 9.88 Å². The molecule has 1 unspecified atom stereocenters. The first-order chi connectivity index (χ1) is 9.60. The van der Waals surface area contributed by atoms with E-state index in [2.05, 4.69) is 24.1 Å². The lowest BCUT2D eigenvalue weighted by atomic mass is 10.0. The van der Waals surface area contributed by atoms with Crippen molar-refractivity contribution in [1.29, 1.82) is 0 Å². The molecular weight excluding hydrogens is 290 g/mol. The second-order valence-corrected chi connectivity index (χ2v) is 6.86. The maximum absolute atomic E-state index is 12.2. The molecule has 108 valence electrons. The molecule has 2 aromatic heterocycles. The molecule has 0 aliphatic carbocycles. The van der Waals surface area contributed by atoms with Crippen molar-refractivity contribution in [2.75, 3.05) is 6.54 Å². The molecule has 0 aliphatic rings. The van der Waals surface area contributed by atoms with Gasteiger partial charge >= 0.3 is 0 Å². The Balaban J connectivity index is 2.02. The van der Waals surface area contributed by atoms with E-state index in [4.69, 9.17) is 5.73 Å². The van der Waals surface area contributed by atoms with E-state index >= 15 is 0 Å². The molecule has 0 spiro atoms. The molecule has 20 heavy (non-hydrogen) atoms. The highest BCUT2D eigenvalue weighted by molar-refractivity contribution is 7.20. The van der Waals surface area contributed by atoms with Gasteiger partial charge in [-0.1, -0.05) is 19.9 Å². The molecule has 2 rings (SSSR count). The van der Waals surface area contributed by atoms with E-state index in [9.17, 15) is 4.79 Å². The first kappa shape index (κ1) is 15.2. The van der Waals surface area contributed by atoms with Crippen molar-refractivity contribution in [2.45, 2.75) is 26.3 Å². The number of nitrogens with one attached hydrogen (secondary N) is 1. The summed E-state index contributed by atoms with van der Waals surface area (Å²) >= 11 is 3.12. The van der Waals surface area contributed by atoms with E-state index in [0.717, 1.165) is 16.3 Å². The van der Waals surface area contributed by atoms with E-state index in [1.165, 1.54) is 11.3 Å². The summed E-state index contributed by atoms with van der Waals surface area (Å²) in [7, 11) is 0. The molecule has 0 aromatic carbocycles. The average molecular weight is 309 g/mol. The quantitative estimate of drug-likeness (QED) is 0.862. The summed E-state index contributed by atoms with van der Waals surface area (Å²) in [6.07, 6.45) is 0.879. The summed E-state index contributed by atoms with van der Waals surface area (Å²) in [4.78, 5) is 17.6. The molecule has 4 nitrogen and oxygen atoms in total. The number of carbonyl (C=O) groups excluding carboxylic acids is 1. The van der Waals surface area contributed by atoms with Gasteiger partial charge in [0.25, 0.3) is 5.91 Å². The second kappa shape index (κ2) is 6.97. The zero-order valence-corrected chi connectivity index (χ0v) is 13.3. The molecule has 1 atom stereocenters. The van der Waals surface area contributed by atoms with E-state index in [1.54, 1.807) is 16.7 Å². The van der Waals surface area contributed by atoms with Crippen LogP contribution in [0.25, 0.3) is 9.88 Å². The van der Waals surface area contributed by atoms with Crippen molar-refractivity contribution in [3.05, 3.63) is 28.6 Å². The maximum Gasteiger partial charge on any atom is 0.271 e. The first-order valence-electron chi connectivity index (χ1n) is 6.60. The van der Waals surface area contributed by atoms with Crippen LogP contribution in [0, 0.1) is 5.92 Å². The third-order valence-corrected chi connectivity index (χ3v) is 4.73. The van der Waals surface area contributed by atoms with Crippen molar-refractivity contribution < 1.29 is 4.79 Å². The third kappa shape index (κ3) is 3.88. The number of thiophene rings is 1. The number of thiazole rings is 1. The van der Waals surface area contributed by atoms with E-state index < -0.39 is 0 Å². The highest BCUT2D eigenvalue weighted by Crippen LogP contribution is 2.27. The zero-order valence-electron chi connectivity index (χ0n) is 11.6. The number of aromatic nitrogens is 1. The number of nitrogens with zero attached hydrogens (tertiary/aromatic N) is 1. The molecular formula is C14H19N3OS2. The Bertz CT molecular complexity index is 549. The van der Waals surface area contributed by atoms with Gasteiger partial charge in [-0.15, -0.1) is 22.7 Å². The van der Waals surface area contributed by atoms with Crippen LogP contribution in [0.3, 0.4) is 0 Å².